The van der Waals surface area contributed by atoms with Crippen molar-refractivity contribution in [2.45, 2.75) is 38.5 Å². The van der Waals surface area contributed by atoms with Crippen molar-refractivity contribution in [3.8, 4) is 0 Å². The monoisotopic (exact) mass is 279 g/mol. The van der Waals surface area contributed by atoms with Gasteiger partial charge in [-0.2, -0.15) is 0 Å². The molecule has 102 valence electrons. The maximum Gasteiger partial charge on any atom is 0.226 e. The fourth-order valence-electron chi connectivity index (χ4n) is 2.37. The van der Waals surface area contributed by atoms with Crippen LogP contribution in [0.4, 0.5) is 5.69 Å². The summed E-state index contributed by atoms with van der Waals surface area (Å²) in [6.45, 7) is 4.46. The molecule has 19 heavy (non-hydrogen) atoms. The third-order valence-corrected chi connectivity index (χ3v) is 4.01. The van der Waals surface area contributed by atoms with Crippen molar-refractivity contribution in [1.29, 1.82) is 0 Å². The maximum atomic E-state index is 12.0. The van der Waals surface area contributed by atoms with Gasteiger partial charge >= 0.3 is 0 Å². The summed E-state index contributed by atoms with van der Waals surface area (Å²) < 4.78 is 0. The molecule has 2 rings (SSSR count). The van der Waals surface area contributed by atoms with Gasteiger partial charge in [0.2, 0.25) is 5.91 Å². The Hall–Kier alpha value is -1.35. The Kier molecular flexibility index (Phi) is 4.25. The summed E-state index contributed by atoms with van der Waals surface area (Å²) in [5.41, 5.74) is 2.64. The largest absolute Gasteiger partial charge is 0.312 e. The van der Waals surface area contributed by atoms with Crippen LogP contribution in [0.1, 0.15) is 42.6 Å². The lowest BCUT2D eigenvalue weighted by Gasteiger charge is -2.16. The Balaban J connectivity index is 2.27. The number of ketones is 1. The van der Waals surface area contributed by atoms with Crippen molar-refractivity contribution >= 4 is 29.0 Å². The molecule has 1 amide bonds. The first-order chi connectivity index (χ1) is 9.08. The second-order valence-corrected chi connectivity index (χ2v) is 5.26. The van der Waals surface area contributed by atoms with Gasteiger partial charge in [0.25, 0.3) is 0 Å². The average molecular weight is 280 g/mol. The van der Waals surface area contributed by atoms with E-state index in [4.69, 9.17) is 11.6 Å². The Labute approximate surface area is 118 Å². The molecule has 0 saturated carbocycles. The number of rotatable bonds is 4. The van der Waals surface area contributed by atoms with Gasteiger partial charge in [0.1, 0.15) is 0 Å². The minimum Gasteiger partial charge on any atom is -0.312 e. The van der Waals surface area contributed by atoms with Crippen LogP contribution in [0.2, 0.25) is 0 Å². The first-order valence-corrected chi connectivity index (χ1v) is 7.13. The number of hydrogen-bond acceptors (Lipinski definition) is 2. The molecule has 0 aliphatic carbocycles. The van der Waals surface area contributed by atoms with Gasteiger partial charge in [-0.25, -0.2) is 0 Å². The predicted octanol–water partition coefficient (Wildman–Crippen LogP) is 3.19. The fraction of sp³-hybridized carbons (Fsp3) is 0.467. The lowest BCUT2D eigenvalue weighted by Crippen LogP contribution is -2.27. The van der Waals surface area contributed by atoms with E-state index in [2.05, 4.69) is 0 Å². The van der Waals surface area contributed by atoms with E-state index in [-0.39, 0.29) is 11.7 Å². The SMILES string of the molecule is CCC(=O)N1CCc2cc(C(=O)C(Cl)CC)ccc21. The molecule has 4 heteroatoms. The fourth-order valence-corrected chi connectivity index (χ4v) is 2.50. The summed E-state index contributed by atoms with van der Waals surface area (Å²) in [6, 6.07) is 5.52. The van der Waals surface area contributed by atoms with Gasteiger partial charge in [0.15, 0.2) is 5.78 Å². The van der Waals surface area contributed by atoms with E-state index >= 15 is 0 Å². The van der Waals surface area contributed by atoms with Crippen LogP contribution in [0.15, 0.2) is 18.2 Å². The molecule has 0 spiro atoms. The zero-order valence-electron chi connectivity index (χ0n) is 11.3. The summed E-state index contributed by atoms with van der Waals surface area (Å²) in [6.07, 6.45) is 1.93. The molecule has 0 aromatic heterocycles. The Morgan fingerprint density at radius 3 is 2.74 bits per heavy atom. The molecule has 0 fully saturated rings. The number of alkyl halides is 1. The maximum absolute atomic E-state index is 12.0. The van der Waals surface area contributed by atoms with Crippen molar-refractivity contribution in [2.75, 3.05) is 11.4 Å². The summed E-state index contributed by atoms with van der Waals surface area (Å²) >= 11 is 5.99. The van der Waals surface area contributed by atoms with Gasteiger partial charge in [-0.1, -0.05) is 13.8 Å². The Bertz CT molecular complexity index is 513. The molecule has 1 heterocycles. The van der Waals surface area contributed by atoms with Crippen LogP contribution >= 0.6 is 11.6 Å². The smallest absolute Gasteiger partial charge is 0.226 e. The molecular weight excluding hydrogens is 262 g/mol. The Morgan fingerprint density at radius 2 is 2.11 bits per heavy atom. The highest BCUT2D eigenvalue weighted by molar-refractivity contribution is 6.33. The molecule has 0 N–H and O–H groups in total. The minimum absolute atomic E-state index is 0.0350. The van der Waals surface area contributed by atoms with Crippen molar-refractivity contribution in [2.24, 2.45) is 0 Å². The summed E-state index contributed by atoms with van der Waals surface area (Å²) in [4.78, 5) is 25.6. The van der Waals surface area contributed by atoms with Gasteiger partial charge in [0.05, 0.1) is 5.38 Å². The molecule has 1 unspecified atom stereocenters. The quantitative estimate of drug-likeness (QED) is 0.627. The normalized spacial score (nSPS) is 15.2. The molecule has 1 aliphatic heterocycles. The molecule has 0 radical (unpaired) electrons. The zero-order chi connectivity index (χ0) is 14.0. The van der Waals surface area contributed by atoms with Crippen LogP contribution in [0.25, 0.3) is 0 Å². The minimum atomic E-state index is -0.465. The zero-order valence-corrected chi connectivity index (χ0v) is 12.0. The molecule has 1 atom stereocenters. The third-order valence-electron chi connectivity index (χ3n) is 3.51. The topological polar surface area (TPSA) is 37.4 Å². The number of halogens is 1. The van der Waals surface area contributed by atoms with E-state index in [0.29, 0.717) is 24.9 Å². The second kappa shape index (κ2) is 5.74. The van der Waals surface area contributed by atoms with Crippen molar-refractivity contribution in [3.63, 3.8) is 0 Å². The Morgan fingerprint density at radius 1 is 1.37 bits per heavy atom. The lowest BCUT2D eigenvalue weighted by molar-refractivity contribution is -0.118. The number of amides is 1. The van der Waals surface area contributed by atoms with Crippen molar-refractivity contribution < 1.29 is 9.59 Å². The molecular formula is C15H18ClNO2. The standard InChI is InChI=1S/C15H18ClNO2/c1-3-12(16)15(19)11-5-6-13-10(9-11)7-8-17(13)14(18)4-2/h5-6,9,12H,3-4,7-8H2,1-2H3. The van der Waals surface area contributed by atoms with E-state index in [9.17, 15) is 9.59 Å². The molecule has 3 nitrogen and oxygen atoms in total. The van der Waals surface area contributed by atoms with E-state index < -0.39 is 5.38 Å². The van der Waals surface area contributed by atoms with Crippen LogP contribution in [-0.2, 0) is 11.2 Å². The molecule has 0 bridgehead atoms. The van der Waals surface area contributed by atoms with E-state index in [1.807, 2.05) is 26.0 Å². The van der Waals surface area contributed by atoms with Gasteiger partial charge in [-0.15, -0.1) is 11.6 Å². The molecule has 1 aromatic carbocycles. The number of hydrogen-bond donors (Lipinski definition) is 0. The number of Topliss-reactive ketones (excluding diaryl/α,β-unsaturated/α-hetero) is 1. The molecule has 1 aromatic rings. The van der Waals surface area contributed by atoms with Gasteiger partial charge in [-0.3, -0.25) is 9.59 Å². The van der Waals surface area contributed by atoms with Crippen LogP contribution < -0.4 is 4.90 Å². The van der Waals surface area contributed by atoms with Crippen molar-refractivity contribution in [1.82, 2.24) is 0 Å². The highest BCUT2D eigenvalue weighted by Gasteiger charge is 2.25. The van der Waals surface area contributed by atoms with Gasteiger partial charge < -0.3 is 4.90 Å². The van der Waals surface area contributed by atoms with Gasteiger partial charge in [0, 0.05) is 24.2 Å². The summed E-state index contributed by atoms with van der Waals surface area (Å²) in [5, 5.41) is -0.465. The average Bonchev–Trinajstić information content (AvgIpc) is 2.87. The number of carbonyl (C=O) groups is 2. The number of fused-ring (bicyclic) bond motifs is 1. The summed E-state index contributed by atoms with van der Waals surface area (Å²) in [7, 11) is 0. The predicted molar refractivity (Wildman–Crippen MR) is 77.1 cm³/mol. The van der Waals surface area contributed by atoms with Crippen LogP contribution in [0.5, 0.6) is 0 Å². The lowest BCUT2D eigenvalue weighted by atomic mass is 10.0. The van der Waals surface area contributed by atoms with Crippen LogP contribution in [0, 0.1) is 0 Å². The second-order valence-electron chi connectivity index (χ2n) is 4.73. The first-order valence-electron chi connectivity index (χ1n) is 6.70. The first kappa shape index (κ1) is 14.1. The van der Waals surface area contributed by atoms with E-state index in [1.165, 1.54) is 0 Å². The summed E-state index contributed by atoms with van der Waals surface area (Å²) in [5.74, 6) is 0.0915. The van der Waals surface area contributed by atoms with Crippen LogP contribution in [-0.4, -0.2) is 23.6 Å². The molecule has 1 aliphatic rings. The van der Waals surface area contributed by atoms with E-state index in [0.717, 1.165) is 17.7 Å². The van der Waals surface area contributed by atoms with Crippen molar-refractivity contribution in [3.05, 3.63) is 29.3 Å². The van der Waals surface area contributed by atoms with Crippen LogP contribution in [0.3, 0.4) is 0 Å². The van der Waals surface area contributed by atoms with E-state index in [1.54, 1.807) is 11.0 Å². The number of benzene rings is 1. The highest BCUT2D eigenvalue weighted by Crippen LogP contribution is 2.30. The number of nitrogens with zero attached hydrogens (tertiary/aromatic N) is 1. The third kappa shape index (κ3) is 2.66. The van der Waals surface area contributed by atoms with Gasteiger partial charge in [-0.05, 0) is 36.6 Å². The number of anilines is 1. The highest BCUT2D eigenvalue weighted by atomic mass is 35.5. The molecule has 0 saturated heterocycles. The number of carbonyl (C=O) groups excluding carboxylic acids is 2.